The van der Waals surface area contributed by atoms with Crippen LogP contribution in [0.4, 0.5) is 8.78 Å². The van der Waals surface area contributed by atoms with Crippen molar-refractivity contribution in [2.24, 2.45) is 11.7 Å². The highest BCUT2D eigenvalue weighted by Crippen LogP contribution is 2.55. The lowest BCUT2D eigenvalue weighted by atomic mass is 9.93. The Labute approximate surface area is 167 Å². The number of amides is 3. The van der Waals surface area contributed by atoms with Gasteiger partial charge in [0, 0.05) is 12.6 Å². The molecule has 0 bridgehead atoms. The average molecular weight is 403 g/mol. The monoisotopic (exact) mass is 403 g/mol. The molecule has 1 aromatic rings. The number of halogens is 2. The van der Waals surface area contributed by atoms with Crippen molar-refractivity contribution in [1.82, 2.24) is 9.80 Å². The Kier molecular flexibility index (Phi) is 3.98. The van der Waals surface area contributed by atoms with Crippen molar-refractivity contribution in [2.45, 2.75) is 62.1 Å². The Bertz CT molecular complexity index is 916. The summed E-state index contributed by atoms with van der Waals surface area (Å²) in [5.41, 5.74) is 5.05. The molecular formula is C21H23F2N3O3. The zero-order valence-corrected chi connectivity index (χ0v) is 15.9. The molecule has 5 rings (SSSR count). The predicted molar refractivity (Wildman–Crippen MR) is 98.3 cm³/mol. The van der Waals surface area contributed by atoms with Gasteiger partial charge >= 0.3 is 0 Å². The molecule has 2 saturated heterocycles. The lowest BCUT2D eigenvalue weighted by Crippen LogP contribution is -2.54. The van der Waals surface area contributed by atoms with Crippen molar-refractivity contribution in [3.63, 3.8) is 0 Å². The summed E-state index contributed by atoms with van der Waals surface area (Å²) in [4.78, 5) is 41.7. The molecule has 2 heterocycles. The summed E-state index contributed by atoms with van der Waals surface area (Å²) in [6, 6.07) is 2.41. The molecule has 0 aromatic heterocycles. The van der Waals surface area contributed by atoms with Gasteiger partial charge in [0.15, 0.2) is 11.6 Å². The van der Waals surface area contributed by atoms with Crippen LogP contribution in [0.5, 0.6) is 0 Å². The number of nitrogens with two attached hydrogens (primary N) is 1. The Morgan fingerprint density at radius 2 is 1.83 bits per heavy atom. The molecule has 4 atom stereocenters. The molecular weight excluding hydrogens is 380 g/mol. The minimum Gasteiger partial charge on any atom is -0.368 e. The van der Waals surface area contributed by atoms with E-state index in [0.717, 1.165) is 18.6 Å². The van der Waals surface area contributed by atoms with Crippen molar-refractivity contribution in [1.29, 1.82) is 0 Å². The molecule has 154 valence electrons. The van der Waals surface area contributed by atoms with E-state index >= 15 is 0 Å². The third kappa shape index (κ3) is 2.75. The Hall–Kier alpha value is -2.51. The van der Waals surface area contributed by atoms with Crippen LogP contribution in [0, 0.1) is 17.6 Å². The lowest BCUT2D eigenvalue weighted by Gasteiger charge is -2.34. The van der Waals surface area contributed by atoms with Gasteiger partial charge in [0.2, 0.25) is 17.7 Å². The number of fused-ring (bicyclic) bond motifs is 1. The highest BCUT2D eigenvalue weighted by atomic mass is 19.2. The fourth-order valence-electron chi connectivity index (χ4n) is 5.28. The topological polar surface area (TPSA) is 83.7 Å². The molecule has 4 aliphatic rings. The van der Waals surface area contributed by atoms with Crippen LogP contribution >= 0.6 is 0 Å². The number of benzene rings is 1. The fraction of sp³-hybridized carbons (Fsp3) is 0.571. The van der Waals surface area contributed by atoms with Gasteiger partial charge in [-0.3, -0.25) is 14.4 Å². The maximum atomic E-state index is 13.8. The van der Waals surface area contributed by atoms with Gasteiger partial charge in [0.05, 0.1) is 5.41 Å². The summed E-state index contributed by atoms with van der Waals surface area (Å²) in [5.74, 6) is -2.53. The maximum absolute atomic E-state index is 13.8. The maximum Gasteiger partial charge on any atom is 0.246 e. The number of carbonyl (C=O) groups excluding carboxylic acids is 3. The summed E-state index contributed by atoms with van der Waals surface area (Å²) < 4.78 is 27.1. The molecule has 0 spiro atoms. The van der Waals surface area contributed by atoms with Gasteiger partial charge in [-0.1, -0.05) is 6.07 Å². The van der Waals surface area contributed by atoms with E-state index in [1.54, 1.807) is 4.90 Å². The molecule has 0 radical (unpaired) electrons. The van der Waals surface area contributed by atoms with Crippen LogP contribution in [0.15, 0.2) is 18.2 Å². The highest BCUT2D eigenvalue weighted by Gasteiger charge is 2.63. The Morgan fingerprint density at radius 3 is 2.48 bits per heavy atom. The van der Waals surface area contributed by atoms with E-state index in [1.165, 1.54) is 11.0 Å². The van der Waals surface area contributed by atoms with E-state index in [-0.39, 0.29) is 17.9 Å². The number of likely N-dealkylation sites (tertiary alicyclic amines) is 2. The number of primary amides is 1. The van der Waals surface area contributed by atoms with Crippen LogP contribution in [0.3, 0.4) is 0 Å². The van der Waals surface area contributed by atoms with Crippen molar-refractivity contribution in [3.8, 4) is 0 Å². The third-order valence-electron chi connectivity index (χ3n) is 7.12. The molecule has 1 aromatic carbocycles. The summed E-state index contributed by atoms with van der Waals surface area (Å²) in [6.07, 6.45) is 3.82. The largest absolute Gasteiger partial charge is 0.368 e. The summed E-state index contributed by atoms with van der Waals surface area (Å²) >= 11 is 0. The Balaban J connectivity index is 1.42. The molecule has 2 aliphatic heterocycles. The quantitative estimate of drug-likeness (QED) is 0.826. The predicted octanol–water partition coefficient (Wildman–Crippen LogP) is 1.46. The van der Waals surface area contributed by atoms with Gasteiger partial charge in [0.25, 0.3) is 0 Å². The fourth-order valence-corrected chi connectivity index (χ4v) is 5.28. The van der Waals surface area contributed by atoms with Crippen LogP contribution in [0.2, 0.25) is 0 Å². The van der Waals surface area contributed by atoms with E-state index in [9.17, 15) is 23.2 Å². The van der Waals surface area contributed by atoms with Crippen LogP contribution < -0.4 is 5.73 Å². The molecule has 2 aliphatic carbocycles. The number of hydrogen-bond acceptors (Lipinski definition) is 3. The van der Waals surface area contributed by atoms with Gasteiger partial charge in [-0.05, 0) is 62.1 Å². The third-order valence-corrected chi connectivity index (χ3v) is 7.12. The van der Waals surface area contributed by atoms with E-state index in [0.29, 0.717) is 50.1 Å². The second kappa shape index (κ2) is 6.24. The minimum absolute atomic E-state index is 0.0221. The summed E-state index contributed by atoms with van der Waals surface area (Å²) in [6.45, 7) is 0.467. The van der Waals surface area contributed by atoms with Crippen molar-refractivity contribution in [3.05, 3.63) is 35.4 Å². The summed E-state index contributed by atoms with van der Waals surface area (Å²) in [5, 5.41) is 0. The number of hydrogen-bond donors (Lipinski definition) is 1. The normalized spacial score (nSPS) is 31.5. The van der Waals surface area contributed by atoms with E-state index in [4.69, 9.17) is 5.73 Å². The van der Waals surface area contributed by atoms with Gasteiger partial charge in [-0.2, -0.15) is 0 Å². The number of carbonyl (C=O) groups is 3. The van der Waals surface area contributed by atoms with Gasteiger partial charge in [0.1, 0.15) is 12.1 Å². The first-order chi connectivity index (χ1) is 13.8. The van der Waals surface area contributed by atoms with Crippen LogP contribution in [-0.2, 0) is 19.8 Å². The van der Waals surface area contributed by atoms with Crippen molar-refractivity contribution in [2.75, 3.05) is 6.54 Å². The lowest BCUT2D eigenvalue weighted by molar-refractivity contribution is -0.148. The molecule has 0 unspecified atom stereocenters. The zero-order valence-electron chi connectivity index (χ0n) is 15.9. The van der Waals surface area contributed by atoms with Gasteiger partial charge in [-0.25, -0.2) is 8.78 Å². The van der Waals surface area contributed by atoms with Crippen LogP contribution in [0.25, 0.3) is 0 Å². The van der Waals surface area contributed by atoms with Gasteiger partial charge < -0.3 is 15.5 Å². The second-order valence-electron chi connectivity index (χ2n) is 8.83. The van der Waals surface area contributed by atoms with Crippen LogP contribution in [-0.4, -0.2) is 52.2 Å². The number of piperidine rings is 1. The standard InChI is InChI=1S/C21H23F2N3O3/c22-13-4-3-12(10-14(13)23)21(5-6-21)20(29)26-16-8-11(16)9-17(26)19(28)25-7-1-2-15(25)18(24)27/h3-4,10-11,15-17H,1-2,5-9H2,(H2,24,27)/t11-,15+,16-,17-/m0/s1. The molecule has 2 saturated carbocycles. The first kappa shape index (κ1) is 18.5. The van der Waals surface area contributed by atoms with E-state index < -0.39 is 35.0 Å². The van der Waals surface area contributed by atoms with E-state index in [1.807, 2.05) is 0 Å². The first-order valence-electron chi connectivity index (χ1n) is 10.2. The minimum atomic E-state index is -0.971. The second-order valence-corrected chi connectivity index (χ2v) is 8.83. The van der Waals surface area contributed by atoms with Crippen molar-refractivity contribution < 1.29 is 23.2 Å². The molecule has 3 amide bonds. The molecule has 2 N–H and O–H groups in total. The SMILES string of the molecule is NC(=O)[C@H]1CCCN1C(=O)[C@@H]1C[C@@H]2C[C@@H]2N1C(=O)C1(c2ccc(F)c(F)c2)CC1. The number of nitrogens with zero attached hydrogens (tertiary/aromatic N) is 2. The zero-order chi connectivity index (χ0) is 20.5. The Morgan fingerprint density at radius 1 is 1.07 bits per heavy atom. The van der Waals surface area contributed by atoms with Crippen LogP contribution in [0.1, 0.15) is 44.1 Å². The molecule has 6 nitrogen and oxygen atoms in total. The molecule has 4 fully saturated rings. The van der Waals surface area contributed by atoms with Gasteiger partial charge in [-0.15, -0.1) is 0 Å². The van der Waals surface area contributed by atoms with Crippen molar-refractivity contribution >= 4 is 17.7 Å². The van der Waals surface area contributed by atoms with E-state index in [2.05, 4.69) is 0 Å². The first-order valence-corrected chi connectivity index (χ1v) is 10.2. The number of rotatable bonds is 4. The molecule has 29 heavy (non-hydrogen) atoms. The highest BCUT2D eigenvalue weighted by molar-refractivity contribution is 5.97. The summed E-state index contributed by atoms with van der Waals surface area (Å²) in [7, 11) is 0. The molecule has 8 heteroatoms. The average Bonchev–Trinajstić information content (AvgIpc) is 3.57. The smallest absolute Gasteiger partial charge is 0.246 e.